The van der Waals surface area contributed by atoms with Crippen molar-refractivity contribution in [1.82, 2.24) is 15.1 Å². The molecule has 1 aromatic heterocycles. The van der Waals surface area contributed by atoms with Gasteiger partial charge in [0.25, 0.3) is 5.91 Å². The van der Waals surface area contributed by atoms with Crippen LogP contribution in [0.5, 0.6) is 0 Å². The fourth-order valence-electron chi connectivity index (χ4n) is 2.72. The monoisotopic (exact) mass is 351 g/mol. The molecule has 1 saturated heterocycles. The third kappa shape index (κ3) is 3.00. The maximum atomic E-state index is 13.6. The Morgan fingerprint density at radius 1 is 1.43 bits per heavy atom. The minimum absolute atomic E-state index is 0.120. The molecule has 3 rings (SSSR count). The van der Waals surface area contributed by atoms with Crippen molar-refractivity contribution in [2.45, 2.75) is 18.8 Å². The predicted octanol–water partition coefficient (Wildman–Crippen LogP) is 3.33. The van der Waals surface area contributed by atoms with E-state index in [2.05, 4.69) is 26.1 Å². The molecule has 1 aromatic carbocycles. The van der Waals surface area contributed by atoms with Gasteiger partial charge in [0, 0.05) is 36.5 Å². The molecular weight excluding hydrogens is 337 g/mol. The normalized spacial score (nSPS) is 18.8. The lowest BCUT2D eigenvalue weighted by Crippen LogP contribution is -2.39. The van der Waals surface area contributed by atoms with Gasteiger partial charge in [-0.05, 0) is 53.0 Å². The van der Waals surface area contributed by atoms with E-state index in [1.165, 1.54) is 6.07 Å². The fourth-order valence-corrected chi connectivity index (χ4v) is 2.97. The van der Waals surface area contributed by atoms with Gasteiger partial charge >= 0.3 is 0 Å². The smallest absolute Gasteiger partial charge is 0.253 e. The number of hydrogen-bond acceptors (Lipinski definition) is 2. The molecule has 21 heavy (non-hydrogen) atoms. The number of aromatic amines is 1. The van der Waals surface area contributed by atoms with Gasteiger partial charge in [-0.1, -0.05) is 0 Å². The second kappa shape index (κ2) is 5.97. The van der Waals surface area contributed by atoms with Gasteiger partial charge in [-0.25, -0.2) is 4.39 Å². The van der Waals surface area contributed by atoms with Crippen molar-refractivity contribution in [2.24, 2.45) is 0 Å². The zero-order chi connectivity index (χ0) is 14.8. The number of nitrogens with one attached hydrogen (secondary N) is 1. The van der Waals surface area contributed by atoms with E-state index in [1.54, 1.807) is 23.2 Å². The predicted molar refractivity (Wildman–Crippen MR) is 80.6 cm³/mol. The highest BCUT2D eigenvalue weighted by Gasteiger charge is 2.26. The minimum atomic E-state index is -0.414. The van der Waals surface area contributed by atoms with Gasteiger partial charge in [0.05, 0.1) is 4.47 Å². The first-order chi connectivity index (χ1) is 10.1. The van der Waals surface area contributed by atoms with Crippen molar-refractivity contribution >= 4 is 21.8 Å². The first-order valence-electron chi connectivity index (χ1n) is 6.89. The van der Waals surface area contributed by atoms with Gasteiger partial charge in [0.2, 0.25) is 0 Å². The molecule has 2 heterocycles. The summed E-state index contributed by atoms with van der Waals surface area (Å²) in [7, 11) is 0. The van der Waals surface area contributed by atoms with E-state index in [9.17, 15) is 9.18 Å². The second-order valence-corrected chi connectivity index (χ2v) is 6.09. The third-order valence-corrected chi connectivity index (χ3v) is 4.48. The van der Waals surface area contributed by atoms with Crippen LogP contribution in [0.15, 0.2) is 34.9 Å². The molecule has 1 aliphatic heterocycles. The van der Waals surface area contributed by atoms with Crippen molar-refractivity contribution in [2.75, 3.05) is 13.1 Å². The molecular formula is C15H15BrFN3O. The number of amides is 1. The van der Waals surface area contributed by atoms with Crippen LogP contribution in [0, 0.1) is 5.82 Å². The average molecular weight is 352 g/mol. The van der Waals surface area contributed by atoms with Gasteiger partial charge in [-0.2, -0.15) is 5.10 Å². The molecule has 2 aromatic rings. The first-order valence-corrected chi connectivity index (χ1v) is 7.68. The number of piperidine rings is 1. The molecule has 0 bridgehead atoms. The third-order valence-electron chi connectivity index (χ3n) is 3.84. The number of likely N-dealkylation sites (tertiary alicyclic amines) is 1. The molecule has 110 valence electrons. The number of rotatable bonds is 2. The van der Waals surface area contributed by atoms with Crippen LogP contribution in [0.4, 0.5) is 4.39 Å². The van der Waals surface area contributed by atoms with Crippen LogP contribution in [-0.2, 0) is 0 Å². The summed E-state index contributed by atoms with van der Waals surface area (Å²) in [5.41, 5.74) is 1.44. The van der Waals surface area contributed by atoms with Crippen molar-refractivity contribution in [1.29, 1.82) is 0 Å². The molecule has 0 spiro atoms. The van der Waals surface area contributed by atoms with Gasteiger partial charge in [-0.15, -0.1) is 0 Å². The van der Waals surface area contributed by atoms with Gasteiger partial charge in [0.15, 0.2) is 0 Å². The molecule has 1 amide bonds. The van der Waals surface area contributed by atoms with Crippen LogP contribution < -0.4 is 0 Å². The van der Waals surface area contributed by atoms with Crippen LogP contribution >= 0.6 is 15.9 Å². The van der Waals surface area contributed by atoms with E-state index in [-0.39, 0.29) is 11.8 Å². The number of H-pyrrole nitrogens is 1. The highest BCUT2D eigenvalue weighted by Crippen LogP contribution is 2.26. The number of halogens is 2. The Morgan fingerprint density at radius 3 is 3.00 bits per heavy atom. The summed E-state index contributed by atoms with van der Waals surface area (Å²) in [6.45, 7) is 1.35. The second-order valence-electron chi connectivity index (χ2n) is 5.23. The quantitative estimate of drug-likeness (QED) is 0.901. The number of hydrogen-bond donors (Lipinski definition) is 1. The number of carbonyl (C=O) groups is 1. The van der Waals surface area contributed by atoms with Crippen molar-refractivity contribution in [3.05, 3.63) is 52.0 Å². The van der Waals surface area contributed by atoms with Gasteiger partial charge in [-0.3, -0.25) is 9.89 Å². The summed E-state index contributed by atoms with van der Waals surface area (Å²) in [6.07, 6.45) is 3.69. The topological polar surface area (TPSA) is 49.0 Å². The van der Waals surface area contributed by atoms with Crippen LogP contribution in [-0.4, -0.2) is 34.1 Å². The summed E-state index contributed by atoms with van der Waals surface area (Å²) in [5.74, 6) is -0.265. The van der Waals surface area contributed by atoms with Crippen molar-refractivity contribution < 1.29 is 9.18 Å². The highest BCUT2D eigenvalue weighted by atomic mass is 79.9. The Morgan fingerprint density at radius 2 is 2.29 bits per heavy atom. The van der Waals surface area contributed by atoms with E-state index in [1.807, 2.05) is 6.07 Å². The minimum Gasteiger partial charge on any atom is -0.338 e. The molecule has 0 saturated carbocycles. The van der Waals surface area contributed by atoms with Gasteiger partial charge in [0.1, 0.15) is 5.82 Å². The standard InChI is InChI=1S/C15H15BrFN3O/c16-12-4-3-10(8-13(12)17)15(21)20-7-1-2-11(9-20)14-5-6-18-19-14/h3-6,8,11H,1-2,7,9H2,(H,18,19). The molecule has 0 radical (unpaired) electrons. The molecule has 0 aliphatic carbocycles. The Kier molecular flexibility index (Phi) is 4.05. The molecule has 4 nitrogen and oxygen atoms in total. The Balaban J connectivity index is 1.76. The average Bonchev–Trinajstić information content (AvgIpc) is 3.04. The van der Waals surface area contributed by atoms with E-state index < -0.39 is 5.82 Å². The Bertz CT molecular complexity index is 644. The fraction of sp³-hybridized carbons (Fsp3) is 0.333. The van der Waals surface area contributed by atoms with E-state index in [0.717, 1.165) is 18.5 Å². The summed E-state index contributed by atoms with van der Waals surface area (Å²) >= 11 is 3.10. The SMILES string of the molecule is O=C(c1ccc(Br)c(F)c1)N1CCCC(c2ccn[nH]2)C1. The maximum absolute atomic E-state index is 13.6. The zero-order valence-corrected chi connectivity index (χ0v) is 12.9. The van der Waals surface area contributed by atoms with Crippen LogP contribution in [0.25, 0.3) is 0 Å². The molecule has 6 heteroatoms. The van der Waals surface area contributed by atoms with E-state index in [4.69, 9.17) is 0 Å². The molecule has 1 atom stereocenters. The molecule has 1 aliphatic rings. The van der Waals surface area contributed by atoms with Crippen LogP contribution in [0.1, 0.15) is 34.8 Å². The molecule has 1 N–H and O–H groups in total. The van der Waals surface area contributed by atoms with Crippen LogP contribution in [0.2, 0.25) is 0 Å². The Labute approximate surface area is 130 Å². The summed E-state index contributed by atoms with van der Waals surface area (Å²) in [5, 5.41) is 6.93. The van der Waals surface area contributed by atoms with Gasteiger partial charge < -0.3 is 4.90 Å². The maximum Gasteiger partial charge on any atom is 0.253 e. The van der Waals surface area contributed by atoms with Crippen molar-refractivity contribution in [3.8, 4) is 0 Å². The molecule has 1 fully saturated rings. The highest BCUT2D eigenvalue weighted by molar-refractivity contribution is 9.10. The molecule has 1 unspecified atom stereocenters. The zero-order valence-electron chi connectivity index (χ0n) is 11.4. The first kappa shape index (κ1) is 14.3. The lowest BCUT2D eigenvalue weighted by Gasteiger charge is -2.32. The van der Waals surface area contributed by atoms with E-state index >= 15 is 0 Å². The number of carbonyl (C=O) groups excluding carboxylic acids is 1. The summed E-state index contributed by atoms with van der Waals surface area (Å²) < 4.78 is 13.9. The lowest BCUT2D eigenvalue weighted by molar-refractivity contribution is 0.0705. The lowest BCUT2D eigenvalue weighted by atomic mass is 9.94. The summed E-state index contributed by atoms with van der Waals surface area (Å²) in [4.78, 5) is 14.3. The number of benzene rings is 1. The van der Waals surface area contributed by atoms with E-state index in [0.29, 0.717) is 23.1 Å². The number of nitrogens with zero attached hydrogens (tertiary/aromatic N) is 2. The number of aromatic nitrogens is 2. The van der Waals surface area contributed by atoms with Crippen molar-refractivity contribution in [3.63, 3.8) is 0 Å². The Hall–Kier alpha value is -1.69. The largest absolute Gasteiger partial charge is 0.338 e. The van der Waals surface area contributed by atoms with Crippen LogP contribution in [0.3, 0.4) is 0 Å². The summed E-state index contributed by atoms with van der Waals surface area (Å²) in [6, 6.07) is 6.44.